The molecule has 5 heteroatoms. The van der Waals surface area contributed by atoms with Crippen molar-refractivity contribution in [3.8, 4) is 0 Å². The van der Waals surface area contributed by atoms with Crippen LogP contribution in [0.1, 0.15) is 27.2 Å². The SMILES string of the molecule is CC(C)(C)NC(=O)CNCCCn1cccn1. The average Bonchev–Trinajstić information content (AvgIpc) is 2.67. The van der Waals surface area contributed by atoms with Crippen molar-refractivity contribution in [1.82, 2.24) is 20.4 Å². The van der Waals surface area contributed by atoms with E-state index in [-0.39, 0.29) is 11.4 Å². The van der Waals surface area contributed by atoms with Crippen molar-refractivity contribution in [1.29, 1.82) is 0 Å². The van der Waals surface area contributed by atoms with E-state index in [1.54, 1.807) is 6.20 Å². The minimum absolute atomic E-state index is 0.0385. The predicted molar refractivity (Wildman–Crippen MR) is 67.6 cm³/mol. The zero-order chi connectivity index (χ0) is 12.7. The van der Waals surface area contributed by atoms with Gasteiger partial charge in [0.1, 0.15) is 0 Å². The van der Waals surface area contributed by atoms with Crippen molar-refractivity contribution in [3.05, 3.63) is 18.5 Å². The van der Waals surface area contributed by atoms with Crippen LogP contribution in [-0.4, -0.2) is 34.3 Å². The molecule has 0 aliphatic carbocycles. The van der Waals surface area contributed by atoms with Crippen LogP contribution < -0.4 is 10.6 Å². The van der Waals surface area contributed by atoms with E-state index in [9.17, 15) is 4.79 Å². The molecule has 0 radical (unpaired) electrons. The third-order valence-corrected chi connectivity index (χ3v) is 2.10. The van der Waals surface area contributed by atoms with Gasteiger partial charge in [0.2, 0.25) is 5.91 Å². The van der Waals surface area contributed by atoms with Gasteiger partial charge >= 0.3 is 0 Å². The second-order valence-corrected chi connectivity index (χ2v) is 5.10. The maximum Gasteiger partial charge on any atom is 0.234 e. The van der Waals surface area contributed by atoms with Crippen LogP contribution in [0, 0.1) is 0 Å². The fourth-order valence-corrected chi connectivity index (χ4v) is 1.46. The molecule has 5 nitrogen and oxygen atoms in total. The standard InChI is InChI=1S/C12H22N4O/c1-12(2,3)15-11(17)10-13-6-4-8-16-9-5-7-14-16/h5,7,9,13H,4,6,8,10H2,1-3H3,(H,15,17). The molecule has 17 heavy (non-hydrogen) atoms. The Morgan fingerprint density at radius 2 is 2.18 bits per heavy atom. The summed E-state index contributed by atoms with van der Waals surface area (Å²) in [5.74, 6) is 0.0385. The van der Waals surface area contributed by atoms with E-state index in [0.717, 1.165) is 19.5 Å². The summed E-state index contributed by atoms with van der Waals surface area (Å²) >= 11 is 0. The predicted octanol–water partition coefficient (Wildman–Crippen LogP) is 0.777. The molecule has 0 unspecified atom stereocenters. The molecule has 0 aliphatic rings. The van der Waals surface area contributed by atoms with Crippen molar-refractivity contribution < 1.29 is 4.79 Å². The lowest BCUT2D eigenvalue weighted by atomic mass is 10.1. The molecule has 2 N–H and O–H groups in total. The van der Waals surface area contributed by atoms with Crippen molar-refractivity contribution in [2.75, 3.05) is 13.1 Å². The lowest BCUT2D eigenvalue weighted by Crippen LogP contribution is -2.45. The van der Waals surface area contributed by atoms with Gasteiger partial charge in [-0.15, -0.1) is 0 Å². The van der Waals surface area contributed by atoms with Gasteiger partial charge in [0, 0.05) is 24.5 Å². The molecule has 0 saturated heterocycles. The summed E-state index contributed by atoms with van der Waals surface area (Å²) in [6.07, 6.45) is 4.67. The fraction of sp³-hybridized carbons (Fsp3) is 0.667. The van der Waals surface area contributed by atoms with E-state index in [4.69, 9.17) is 0 Å². The van der Waals surface area contributed by atoms with Gasteiger partial charge in [-0.25, -0.2) is 0 Å². The molecule has 0 saturated carbocycles. The number of rotatable bonds is 6. The molecular formula is C12H22N4O. The van der Waals surface area contributed by atoms with Crippen LogP contribution in [-0.2, 0) is 11.3 Å². The topological polar surface area (TPSA) is 59.0 Å². The largest absolute Gasteiger partial charge is 0.350 e. The first kappa shape index (κ1) is 13.7. The molecule has 1 aromatic heterocycles. The quantitative estimate of drug-likeness (QED) is 0.720. The average molecular weight is 238 g/mol. The molecule has 0 aromatic carbocycles. The smallest absolute Gasteiger partial charge is 0.234 e. The highest BCUT2D eigenvalue weighted by atomic mass is 16.2. The number of carbonyl (C=O) groups is 1. The highest BCUT2D eigenvalue weighted by molar-refractivity contribution is 5.78. The summed E-state index contributed by atoms with van der Waals surface area (Å²) in [6.45, 7) is 7.99. The number of hydrogen-bond donors (Lipinski definition) is 2. The minimum atomic E-state index is -0.159. The van der Waals surface area contributed by atoms with Crippen LogP contribution >= 0.6 is 0 Å². The second kappa shape index (κ2) is 6.39. The Balaban J connectivity index is 2.02. The van der Waals surface area contributed by atoms with Gasteiger partial charge in [-0.1, -0.05) is 0 Å². The third-order valence-electron chi connectivity index (χ3n) is 2.10. The highest BCUT2D eigenvalue weighted by Crippen LogP contribution is 1.97. The number of nitrogens with one attached hydrogen (secondary N) is 2. The number of nitrogens with zero attached hydrogens (tertiary/aromatic N) is 2. The third kappa shape index (κ3) is 6.73. The Bertz CT molecular complexity index is 327. The van der Waals surface area contributed by atoms with Crippen LogP contribution in [0.5, 0.6) is 0 Å². The summed E-state index contributed by atoms with van der Waals surface area (Å²) in [5, 5.41) is 10.1. The van der Waals surface area contributed by atoms with E-state index in [2.05, 4.69) is 15.7 Å². The normalized spacial score (nSPS) is 11.5. The zero-order valence-corrected chi connectivity index (χ0v) is 10.9. The van der Waals surface area contributed by atoms with E-state index < -0.39 is 0 Å². The monoisotopic (exact) mass is 238 g/mol. The van der Waals surface area contributed by atoms with Gasteiger partial charge < -0.3 is 10.6 Å². The lowest BCUT2D eigenvalue weighted by Gasteiger charge is -2.20. The molecule has 1 heterocycles. The van der Waals surface area contributed by atoms with E-state index in [1.165, 1.54) is 0 Å². The summed E-state index contributed by atoms with van der Waals surface area (Å²) < 4.78 is 1.89. The number of carbonyl (C=O) groups excluding carboxylic acids is 1. The molecule has 1 aromatic rings. The second-order valence-electron chi connectivity index (χ2n) is 5.10. The molecule has 1 amide bonds. The van der Waals surface area contributed by atoms with Gasteiger partial charge in [0.25, 0.3) is 0 Å². The molecule has 96 valence electrons. The van der Waals surface area contributed by atoms with Crippen molar-refractivity contribution >= 4 is 5.91 Å². The Morgan fingerprint density at radius 1 is 1.41 bits per heavy atom. The molecule has 0 bridgehead atoms. The molecular weight excluding hydrogens is 216 g/mol. The van der Waals surface area contributed by atoms with E-state index in [0.29, 0.717) is 6.54 Å². The number of amides is 1. The van der Waals surface area contributed by atoms with Gasteiger partial charge in [0.05, 0.1) is 6.54 Å². The summed E-state index contributed by atoms with van der Waals surface area (Å²) in [7, 11) is 0. The number of aromatic nitrogens is 2. The van der Waals surface area contributed by atoms with Crippen LogP contribution in [0.15, 0.2) is 18.5 Å². The maximum atomic E-state index is 11.5. The van der Waals surface area contributed by atoms with E-state index >= 15 is 0 Å². The molecule has 0 spiro atoms. The van der Waals surface area contributed by atoms with Crippen LogP contribution in [0.3, 0.4) is 0 Å². The zero-order valence-electron chi connectivity index (χ0n) is 10.9. The van der Waals surface area contributed by atoms with Crippen molar-refractivity contribution in [2.45, 2.75) is 39.3 Å². The van der Waals surface area contributed by atoms with Gasteiger partial charge in [-0.3, -0.25) is 9.48 Å². The maximum absolute atomic E-state index is 11.5. The summed E-state index contributed by atoms with van der Waals surface area (Å²) in [5.41, 5.74) is -0.159. The van der Waals surface area contributed by atoms with Gasteiger partial charge in [-0.05, 0) is 39.8 Å². The first-order valence-electron chi connectivity index (χ1n) is 5.96. The van der Waals surface area contributed by atoms with Crippen LogP contribution in [0.2, 0.25) is 0 Å². The van der Waals surface area contributed by atoms with Crippen molar-refractivity contribution in [3.63, 3.8) is 0 Å². The first-order valence-corrected chi connectivity index (χ1v) is 5.96. The van der Waals surface area contributed by atoms with E-state index in [1.807, 2.05) is 37.7 Å². The van der Waals surface area contributed by atoms with Gasteiger partial charge in [-0.2, -0.15) is 5.10 Å². The van der Waals surface area contributed by atoms with Crippen LogP contribution in [0.25, 0.3) is 0 Å². The molecule has 0 atom stereocenters. The van der Waals surface area contributed by atoms with Crippen molar-refractivity contribution in [2.24, 2.45) is 0 Å². The van der Waals surface area contributed by atoms with Gasteiger partial charge in [0.15, 0.2) is 0 Å². The minimum Gasteiger partial charge on any atom is -0.350 e. The molecule has 0 fully saturated rings. The lowest BCUT2D eigenvalue weighted by molar-refractivity contribution is -0.121. The summed E-state index contributed by atoms with van der Waals surface area (Å²) in [6, 6.07) is 1.91. The summed E-state index contributed by atoms with van der Waals surface area (Å²) in [4.78, 5) is 11.5. The Labute approximate surface area is 103 Å². The number of hydrogen-bond acceptors (Lipinski definition) is 3. The number of aryl methyl sites for hydroxylation is 1. The van der Waals surface area contributed by atoms with Crippen LogP contribution in [0.4, 0.5) is 0 Å². The first-order chi connectivity index (χ1) is 7.97. The Hall–Kier alpha value is -1.36. The highest BCUT2D eigenvalue weighted by Gasteiger charge is 2.12. The Morgan fingerprint density at radius 3 is 2.76 bits per heavy atom. The molecule has 1 rings (SSSR count). The Kier molecular flexibility index (Phi) is 5.15. The molecule has 0 aliphatic heterocycles. The fourth-order valence-electron chi connectivity index (χ4n) is 1.46.